The Kier molecular flexibility index (Phi) is 7.27. The highest BCUT2D eigenvalue weighted by Gasteiger charge is 2.14. The summed E-state index contributed by atoms with van der Waals surface area (Å²) in [7, 11) is 0. The van der Waals surface area contributed by atoms with Gasteiger partial charge in [-0.15, -0.1) is 11.3 Å². The van der Waals surface area contributed by atoms with Crippen LogP contribution in [0.2, 0.25) is 0 Å². The first-order chi connectivity index (χ1) is 14.4. The van der Waals surface area contributed by atoms with Crippen LogP contribution in [0, 0.1) is 0 Å². The van der Waals surface area contributed by atoms with Crippen molar-refractivity contribution in [2.24, 2.45) is 0 Å². The average Bonchev–Trinajstić information content (AvgIpc) is 3.19. The van der Waals surface area contributed by atoms with Crippen molar-refractivity contribution in [1.29, 1.82) is 0 Å². The van der Waals surface area contributed by atoms with E-state index < -0.39 is 0 Å². The highest BCUT2D eigenvalue weighted by molar-refractivity contribution is 7.14. The number of amides is 1. The Labute approximate surface area is 183 Å². The van der Waals surface area contributed by atoms with E-state index in [1.807, 2.05) is 17.5 Å². The van der Waals surface area contributed by atoms with Crippen LogP contribution in [0.15, 0.2) is 53.9 Å². The Morgan fingerprint density at radius 1 is 1.03 bits per heavy atom. The van der Waals surface area contributed by atoms with Crippen LogP contribution in [0.4, 0.5) is 5.13 Å². The fourth-order valence-corrected chi connectivity index (χ4v) is 3.73. The summed E-state index contributed by atoms with van der Waals surface area (Å²) in [4.78, 5) is 17.1. The van der Waals surface area contributed by atoms with Crippen molar-refractivity contribution in [2.45, 2.75) is 52.4 Å². The molecule has 158 valence electrons. The van der Waals surface area contributed by atoms with Gasteiger partial charge in [0.25, 0.3) is 5.91 Å². The van der Waals surface area contributed by atoms with E-state index in [1.54, 1.807) is 12.1 Å². The first-order valence-electron chi connectivity index (χ1n) is 10.5. The third-order valence-corrected chi connectivity index (χ3v) is 5.66. The summed E-state index contributed by atoms with van der Waals surface area (Å²) in [6.45, 7) is 9.47. The highest BCUT2D eigenvalue weighted by atomic mass is 32.1. The average molecular weight is 423 g/mol. The first kappa shape index (κ1) is 22.0. The van der Waals surface area contributed by atoms with Crippen LogP contribution in [0.1, 0.15) is 62.9 Å². The monoisotopic (exact) mass is 422 g/mol. The van der Waals surface area contributed by atoms with Crippen LogP contribution < -0.4 is 10.1 Å². The standard InChI is InChI=1S/C25H30N2O2S/c1-5-6-7-16-29-21-14-10-19(11-15-21)23(28)27-24-26-22(17-30-24)18-8-12-20(13-9-18)25(2,3)4/h8-15,17H,5-7,16H2,1-4H3,(H,26,27,28). The van der Waals surface area contributed by atoms with E-state index >= 15 is 0 Å². The molecule has 0 aliphatic carbocycles. The maximum absolute atomic E-state index is 12.5. The van der Waals surface area contributed by atoms with Crippen LogP contribution in [-0.2, 0) is 5.41 Å². The highest BCUT2D eigenvalue weighted by Crippen LogP contribution is 2.28. The molecule has 0 atom stereocenters. The number of nitrogens with one attached hydrogen (secondary N) is 1. The third kappa shape index (κ3) is 5.92. The number of rotatable bonds is 8. The smallest absolute Gasteiger partial charge is 0.257 e. The van der Waals surface area contributed by atoms with Crippen molar-refractivity contribution in [3.63, 3.8) is 0 Å². The normalized spacial score (nSPS) is 11.3. The van der Waals surface area contributed by atoms with Gasteiger partial charge in [-0.05, 0) is 41.7 Å². The Morgan fingerprint density at radius 2 is 1.73 bits per heavy atom. The molecule has 1 heterocycles. The van der Waals surface area contributed by atoms with Crippen molar-refractivity contribution in [1.82, 2.24) is 4.98 Å². The zero-order valence-electron chi connectivity index (χ0n) is 18.2. The number of hydrogen-bond donors (Lipinski definition) is 1. The van der Waals surface area contributed by atoms with Crippen molar-refractivity contribution in [3.05, 3.63) is 65.0 Å². The lowest BCUT2D eigenvalue weighted by atomic mass is 9.86. The van der Waals surface area contributed by atoms with Gasteiger partial charge in [-0.2, -0.15) is 0 Å². The van der Waals surface area contributed by atoms with E-state index in [4.69, 9.17) is 4.74 Å². The van der Waals surface area contributed by atoms with Gasteiger partial charge in [0.05, 0.1) is 12.3 Å². The predicted octanol–water partition coefficient (Wildman–Crippen LogP) is 6.93. The fourth-order valence-electron chi connectivity index (χ4n) is 3.02. The van der Waals surface area contributed by atoms with Crippen molar-refractivity contribution in [3.8, 4) is 17.0 Å². The lowest BCUT2D eigenvalue weighted by Gasteiger charge is -2.18. The number of anilines is 1. The number of unbranched alkanes of at least 4 members (excludes halogenated alkanes) is 2. The van der Waals surface area contributed by atoms with Gasteiger partial charge in [-0.1, -0.05) is 64.8 Å². The molecule has 0 aliphatic heterocycles. The topological polar surface area (TPSA) is 51.2 Å². The molecular weight excluding hydrogens is 392 g/mol. The lowest BCUT2D eigenvalue weighted by molar-refractivity contribution is 0.102. The molecule has 0 fully saturated rings. The molecule has 1 aromatic heterocycles. The zero-order chi connectivity index (χ0) is 21.6. The maximum Gasteiger partial charge on any atom is 0.257 e. The van der Waals surface area contributed by atoms with E-state index in [0.717, 1.165) is 29.8 Å². The summed E-state index contributed by atoms with van der Waals surface area (Å²) in [6.07, 6.45) is 3.38. The summed E-state index contributed by atoms with van der Waals surface area (Å²) < 4.78 is 5.70. The molecule has 4 nitrogen and oxygen atoms in total. The fraction of sp³-hybridized carbons (Fsp3) is 0.360. The van der Waals surface area contributed by atoms with Gasteiger partial charge in [0, 0.05) is 16.5 Å². The molecule has 5 heteroatoms. The quantitative estimate of drug-likeness (QED) is 0.400. The minimum atomic E-state index is -0.170. The number of carbonyl (C=O) groups is 1. The largest absolute Gasteiger partial charge is 0.494 e. The van der Waals surface area contributed by atoms with Gasteiger partial charge in [0.2, 0.25) is 0 Å². The third-order valence-electron chi connectivity index (χ3n) is 4.90. The Balaban J connectivity index is 1.59. The number of thiazole rings is 1. The van der Waals surface area contributed by atoms with Gasteiger partial charge < -0.3 is 4.74 Å². The molecule has 0 radical (unpaired) electrons. The minimum Gasteiger partial charge on any atom is -0.494 e. The Hall–Kier alpha value is -2.66. The number of aromatic nitrogens is 1. The molecule has 0 saturated carbocycles. The number of ether oxygens (including phenoxy) is 1. The van der Waals surface area contributed by atoms with Crippen LogP contribution in [0.3, 0.4) is 0 Å². The molecule has 3 rings (SSSR count). The molecule has 3 aromatic rings. The van der Waals surface area contributed by atoms with E-state index in [0.29, 0.717) is 17.3 Å². The van der Waals surface area contributed by atoms with Gasteiger partial charge in [0.15, 0.2) is 5.13 Å². The summed E-state index contributed by atoms with van der Waals surface area (Å²) in [5, 5.41) is 5.45. The molecule has 30 heavy (non-hydrogen) atoms. The molecule has 0 spiro atoms. The van der Waals surface area contributed by atoms with Crippen LogP contribution in [0.5, 0.6) is 5.75 Å². The second-order valence-corrected chi connectivity index (χ2v) is 9.26. The molecule has 0 saturated heterocycles. The molecule has 0 aliphatic rings. The predicted molar refractivity (Wildman–Crippen MR) is 126 cm³/mol. The van der Waals surface area contributed by atoms with Crippen LogP contribution in [0.25, 0.3) is 11.3 Å². The zero-order valence-corrected chi connectivity index (χ0v) is 19.0. The Morgan fingerprint density at radius 3 is 2.37 bits per heavy atom. The summed E-state index contributed by atoms with van der Waals surface area (Å²) in [5.41, 5.74) is 3.90. The minimum absolute atomic E-state index is 0.121. The number of benzene rings is 2. The number of carbonyl (C=O) groups excluding carboxylic acids is 1. The van der Waals surface area contributed by atoms with Gasteiger partial charge in [0.1, 0.15) is 5.75 Å². The first-order valence-corrected chi connectivity index (χ1v) is 11.4. The van der Waals surface area contributed by atoms with Crippen molar-refractivity contribution < 1.29 is 9.53 Å². The summed E-state index contributed by atoms with van der Waals surface area (Å²) in [6, 6.07) is 15.7. The SMILES string of the molecule is CCCCCOc1ccc(C(=O)Nc2nc(-c3ccc(C(C)(C)C)cc3)cs2)cc1. The van der Waals surface area contributed by atoms with Gasteiger partial charge >= 0.3 is 0 Å². The summed E-state index contributed by atoms with van der Waals surface area (Å²) in [5.74, 6) is 0.620. The van der Waals surface area contributed by atoms with E-state index in [-0.39, 0.29) is 11.3 Å². The molecule has 0 unspecified atom stereocenters. The lowest BCUT2D eigenvalue weighted by Crippen LogP contribution is -2.11. The van der Waals surface area contributed by atoms with E-state index in [2.05, 4.69) is 62.3 Å². The molecule has 2 aromatic carbocycles. The van der Waals surface area contributed by atoms with E-state index in [9.17, 15) is 4.79 Å². The number of hydrogen-bond acceptors (Lipinski definition) is 4. The maximum atomic E-state index is 12.5. The second-order valence-electron chi connectivity index (χ2n) is 8.40. The molecular formula is C25H30N2O2S. The van der Waals surface area contributed by atoms with Crippen molar-refractivity contribution >= 4 is 22.4 Å². The van der Waals surface area contributed by atoms with Crippen LogP contribution in [-0.4, -0.2) is 17.5 Å². The molecule has 1 N–H and O–H groups in total. The summed E-state index contributed by atoms with van der Waals surface area (Å²) >= 11 is 1.43. The number of nitrogens with zero attached hydrogens (tertiary/aromatic N) is 1. The molecule has 0 bridgehead atoms. The van der Waals surface area contributed by atoms with Crippen molar-refractivity contribution in [2.75, 3.05) is 11.9 Å². The van der Waals surface area contributed by atoms with E-state index in [1.165, 1.54) is 23.3 Å². The molecule has 1 amide bonds. The van der Waals surface area contributed by atoms with Gasteiger partial charge in [-0.25, -0.2) is 4.98 Å². The van der Waals surface area contributed by atoms with Crippen LogP contribution >= 0.6 is 11.3 Å². The van der Waals surface area contributed by atoms with Gasteiger partial charge in [-0.3, -0.25) is 10.1 Å². The Bertz CT molecular complexity index is 954. The second kappa shape index (κ2) is 9.90.